The number of hydrogen-bond donors (Lipinski definition) is 2. The lowest BCUT2D eigenvalue weighted by Gasteiger charge is -2.16. The van der Waals surface area contributed by atoms with E-state index >= 15 is 0 Å². The molecule has 112 valence electrons. The van der Waals surface area contributed by atoms with Gasteiger partial charge in [0.2, 0.25) is 10.0 Å². The van der Waals surface area contributed by atoms with Crippen molar-refractivity contribution in [3.63, 3.8) is 0 Å². The molecule has 0 spiro atoms. The highest BCUT2D eigenvalue weighted by atomic mass is 32.2. The number of nitrogens with one attached hydrogen (secondary N) is 2. The van der Waals surface area contributed by atoms with Gasteiger partial charge in [0.1, 0.15) is 4.90 Å². The zero-order valence-corrected chi connectivity index (χ0v) is 13.7. The fraction of sp³-hybridized carbons (Fsp3) is 0.714. The molecule has 6 heteroatoms. The molecule has 3 rings (SSSR count). The Morgan fingerprint density at radius 2 is 2.10 bits per heavy atom. The van der Waals surface area contributed by atoms with Crippen molar-refractivity contribution in [1.29, 1.82) is 0 Å². The van der Waals surface area contributed by atoms with E-state index in [0.717, 1.165) is 16.4 Å². The maximum atomic E-state index is 12.6. The highest BCUT2D eigenvalue weighted by Gasteiger charge is 2.53. The second-order valence-electron chi connectivity index (χ2n) is 6.16. The van der Waals surface area contributed by atoms with Crippen molar-refractivity contribution >= 4 is 21.4 Å². The number of aryl methyl sites for hydroxylation is 1. The van der Waals surface area contributed by atoms with Crippen molar-refractivity contribution in [2.24, 2.45) is 11.3 Å². The first-order valence-electron chi connectivity index (χ1n) is 7.20. The van der Waals surface area contributed by atoms with Gasteiger partial charge in [0.15, 0.2) is 0 Å². The minimum Gasteiger partial charge on any atom is -0.315 e. The van der Waals surface area contributed by atoms with Crippen LogP contribution in [0, 0.1) is 18.3 Å². The van der Waals surface area contributed by atoms with Crippen molar-refractivity contribution in [3.05, 3.63) is 15.8 Å². The molecule has 2 aliphatic rings. The van der Waals surface area contributed by atoms with Crippen molar-refractivity contribution in [2.45, 2.75) is 44.0 Å². The third-order valence-electron chi connectivity index (χ3n) is 4.55. The van der Waals surface area contributed by atoms with Crippen LogP contribution in [-0.2, 0) is 16.6 Å². The zero-order valence-electron chi connectivity index (χ0n) is 12.0. The van der Waals surface area contributed by atoms with E-state index in [1.165, 1.54) is 37.0 Å². The largest absolute Gasteiger partial charge is 0.315 e. The van der Waals surface area contributed by atoms with Gasteiger partial charge in [-0.25, -0.2) is 13.1 Å². The van der Waals surface area contributed by atoms with Crippen LogP contribution in [0.25, 0.3) is 0 Å². The molecule has 1 aromatic rings. The molecule has 0 radical (unpaired) electrons. The number of thiophene rings is 1. The van der Waals surface area contributed by atoms with E-state index in [9.17, 15) is 8.42 Å². The van der Waals surface area contributed by atoms with E-state index < -0.39 is 10.0 Å². The van der Waals surface area contributed by atoms with Crippen molar-refractivity contribution in [2.75, 3.05) is 13.6 Å². The summed E-state index contributed by atoms with van der Waals surface area (Å²) in [4.78, 5) is 1.39. The Morgan fingerprint density at radius 3 is 2.65 bits per heavy atom. The number of sulfonamides is 1. The molecule has 0 bridgehead atoms. The fourth-order valence-electron chi connectivity index (χ4n) is 3.03. The Morgan fingerprint density at radius 1 is 1.40 bits per heavy atom. The van der Waals surface area contributed by atoms with Gasteiger partial charge in [0.05, 0.1) is 0 Å². The van der Waals surface area contributed by atoms with Crippen molar-refractivity contribution in [1.82, 2.24) is 10.0 Å². The molecule has 0 aromatic carbocycles. The van der Waals surface area contributed by atoms with Crippen LogP contribution in [0.4, 0.5) is 0 Å². The van der Waals surface area contributed by atoms with Gasteiger partial charge in [-0.3, -0.25) is 0 Å². The summed E-state index contributed by atoms with van der Waals surface area (Å²) in [5, 5.41) is 4.97. The van der Waals surface area contributed by atoms with Crippen LogP contribution in [0.15, 0.2) is 10.3 Å². The summed E-state index contributed by atoms with van der Waals surface area (Å²) in [6.07, 6.45) is 4.94. The van der Waals surface area contributed by atoms with E-state index in [0.29, 0.717) is 23.4 Å². The minimum atomic E-state index is -3.38. The standard InChI is InChI=1S/C14H22N2O2S2/c1-10-8-19-12(7-15-2)13(10)20(17,18)16-9-14(5-6-14)11-3-4-11/h8,11,15-16H,3-7,9H2,1-2H3. The topological polar surface area (TPSA) is 58.2 Å². The predicted octanol–water partition coefficient (Wildman–Crippen LogP) is 2.24. The normalized spacial score (nSPS) is 21.1. The van der Waals surface area contributed by atoms with Gasteiger partial charge >= 0.3 is 0 Å². The van der Waals surface area contributed by atoms with E-state index in [4.69, 9.17) is 0 Å². The highest BCUT2D eigenvalue weighted by Crippen LogP contribution is 2.60. The SMILES string of the molecule is CNCc1scc(C)c1S(=O)(=O)NCC1(C2CC2)CC1. The molecule has 20 heavy (non-hydrogen) atoms. The highest BCUT2D eigenvalue weighted by molar-refractivity contribution is 7.89. The first-order chi connectivity index (χ1) is 9.48. The van der Waals surface area contributed by atoms with Crippen LogP contribution in [0.5, 0.6) is 0 Å². The molecule has 0 unspecified atom stereocenters. The summed E-state index contributed by atoms with van der Waals surface area (Å²) < 4.78 is 28.1. The quantitative estimate of drug-likeness (QED) is 0.811. The smallest absolute Gasteiger partial charge is 0.242 e. The molecule has 2 fully saturated rings. The van der Waals surface area contributed by atoms with Gasteiger partial charge < -0.3 is 5.32 Å². The molecular formula is C14H22N2O2S2. The molecule has 1 aromatic heterocycles. The maximum Gasteiger partial charge on any atom is 0.242 e. The van der Waals surface area contributed by atoms with Crippen molar-refractivity contribution < 1.29 is 8.42 Å². The van der Waals surface area contributed by atoms with Gasteiger partial charge in [-0.15, -0.1) is 11.3 Å². The lowest BCUT2D eigenvalue weighted by Crippen LogP contribution is -2.32. The molecule has 1 heterocycles. The molecule has 0 amide bonds. The lowest BCUT2D eigenvalue weighted by atomic mass is 10.0. The molecule has 4 nitrogen and oxygen atoms in total. The van der Waals surface area contributed by atoms with E-state index in [1.807, 2.05) is 19.4 Å². The maximum absolute atomic E-state index is 12.6. The molecular weight excluding hydrogens is 292 g/mol. The van der Waals surface area contributed by atoms with E-state index in [1.54, 1.807) is 0 Å². The molecule has 2 saturated carbocycles. The Balaban J connectivity index is 1.76. The Labute approximate surface area is 125 Å². The summed E-state index contributed by atoms with van der Waals surface area (Å²) in [7, 11) is -1.54. The summed E-state index contributed by atoms with van der Waals surface area (Å²) in [6, 6.07) is 0. The Hall–Kier alpha value is -0.430. The van der Waals surface area contributed by atoms with Crippen molar-refractivity contribution in [3.8, 4) is 0 Å². The summed E-state index contributed by atoms with van der Waals surface area (Å²) in [5.41, 5.74) is 1.14. The van der Waals surface area contributed by atoms with E-state index in [2.05, 4.69) is 10.0 Å². The van der Waals surface area contributed by atoms with E-state index in [-0.39, 0.29) is 0 Å². The molecule has 2 aliphatic carbocycles. The monoisotopic (exact) mass is 314 g/mol. The van der Waals surface area contributed by atoms with Gasteiger partial charge in [-0.2, -0.15) is 0 Å². The average molecular weight is 314 g/mol. The zero-order chi connectivity index (χ0) is 14.4. The van der Waals surface area contributed by atoms with Gasteiger partial charge in [0, 0.05) is 18.0 Å². The van der Waals surface area contributed by atoms with Crippen LogP contribution < -0.4 is 10.0 Å². The summed E-state index contributed by atoms with van der Waals surface area (Å²) >= 11 is 1.51. The minimum absolute atomic E-state index is 0.292. The first kappa shape index (κ1) is 14.5. The third-order valence-corrected chi connectivity index (χ3v) is 7.41. The first-order valence-corrected chi connectivity index (χ1v) is 9.56. The fourth-order valence-corrected chi connectivity index (χ4v) is 5.98. The Kier molecular flexibility index (Phi) is 3.69. The lowest BCUT2D eigenvalue weighted by molar-refractivity contribution is 0.431. The molecule has 0 atom stereocenters. The summed E-state index contributed by atoms with van der Waals surface area (Å²) in [5.74, 6) is 0.769. The van der Waals surface area contributed by atoms with Crippen LogP contribution in [-0.4, -0.2) is 22.0 Å². The third kappa shape index (κ3) is 2.66. The summed E-state index contributed by atoms with van der Waals surface area (Å²) in [6.45, 7) is 3.09. The Bertz CT molecular complexity index is 599. The van der Waals surface area contributed by atoms with Crippen LogP contribution in [0.1, 0.15) is 36.1 Å². The molecule has 0 aliphatic heterocycles. The number of rotatable bonds is 7. The molecule has 0 saturated heterocycles. The van der Waals surface area contributed by atoms with Gasteiger partial charge in [0.25, 0.3) is 0 Å². The van der Waals surface area contributed by atoms with Crippen LogP contribution in [0.2, 0.25) is 0 Å². The second-order valence-corrected chi connectivity index (χ2v) is 8.83. The van der Waals surface area contributed by atoms with Gasteiger partial charge in [-0.05, 0) is 61.9 Å². The molecule has 2 N–H and O–H groups in total. The van der Waals surface area contributed by atoms with Gasteiger partial charge in [-0.1, -0.05) is 0 Å². The number of hydrogen-bond acceptors (Lipinski definition) is 4. The van der Waals surface area contributed by atoms with Crippen LogP contribution in [0.3, 0.4) is 0 Å². The van der Waals surface area contributed by atoms with Crippen LogP contribution >= 0.6 is 11.3 Å². The average Bonchev–Trinajstić information content (AvgIpc) is 3.26. The predicted molar refractivity (Wildman–Crippen MR) is 81.4 cm³/mol. The second kappa shape index (κ2) is 5.09.